The molecule has 2 N–H and O–H groups in total. The van der Waals surface area contributed by atoms with Crippen molar-refractivity contribution in [3.05, 3.63) is 0 Å². The van der Waals surface area contributed by atoms with Gasteiger partial charge in [0.25, 0.3) is 0 Å². The van der Waals surface area contributed by atoms with Gasteiger partial charge in [-0.25, -0.2) is 0 Å². The molecule has 0 saturated carbocycles. The number of hydrogen-bond donors (Lipinski definition) is 2. The van der Waals surface area contributed by atoms with Crippen LogP contribution in [0.4, 0.5) is 0 Å². The van der Waals surface area contributed by atoms with Crippen molar-refractivity contribution >= 4 is 41.7 Å². The summed E-state index contributed by atoms with van der Waals surface area (Å²) < 4.78 is 10.9. The molecule has 1 rings (SSSR count). The van der Waals surface area contributed by atoms with Crippen LogP contribution in [0.2, 0.25) is 0 Å². The first-order valence-electron chi connectivity index (χ1n) is 8.08. The fraction of sp³-hybridized carbons (Fsp3) is 0.933. The topological polar surface area (TPSA) is 54.9 Å². The largest absolute Gasteiger partial charge is 0.379 e. The summed E-state index contributed by atoms with van der Waals surface area (Å²) in [5, 5.41) is 7.38. The van der Waals surface area contributed by atoms with Crippen molar-refractivity contribution in [1.29, 1.82) is 0 Å². The summed E-state index contributed by atoms with van der Waals surface area (Å²) in [6.07, 6.45) is 4.96. The fourth-order valence-corrected chi connectivity index (χ4v) is 3.25. The highest BCUT2D eigenvalue weighted by molar-refractivity contribution is 14.0. The molecule has 0 amide bonds. The van der Waals surface area contributed by atoms with Crippen LogP contribution in [-0.4, -0.2) is 63.5 Å². The predicted octanol–water partition coefficient (Wildman–Crippen LogP) is 2.50. The van der Waals surface area contributed by atoms with Crippen LogP contribution in [0.1, 0.15) is 32.6 Å². The first-order valence-corrected chi connectivity index (χ1v) is 9.13. The van der Waals surface area contributed by atoms with Crippen molar-refractivity contribution in [2.45, 2.75) is 37.9 Å². The Balaban J connectivity index is 0.00000441. The van der Waals surface area contributed by atoms with Gasteiger partial charge in [0.2, 0.25) is 0 Å². The van der Waals surface area contributed by atoms with Gasteiger partial charge < -0.3 is 20.1 Å². The summed E-state index contributed by atoms with van der Waals surface area (Å²) in [6, 6.07) is 0. The van der Waals surface area contributed by atoms with Crippen LogP contribution in [0.15, 0.2) is 4.99 Å². The highest BCUT2D eigenvalue weighted by Gasteiger charge is 2.15. The van der Waals surface area contributed by atoms with Crippen LogP contribution in [-0.2, 0) is 9.47 Å². The van der Waals surface area contributed by atoms with Crippen molar-refractivity contribution in [3.8, 4) is 0 Å². The van der Waals surface area contributed by atoms with Crippen molar-refractivity contribution in [3.63, 3.8) is 0 Å². The Morgan fingerprint density at radius 3 is 2.59 bits per heavy atom. The Bertz CT molecular complexity index is 278. The van der Waals surface area contributed by atoms with Crippen molar-refractivity contribution in [2.75, 3.05) is 52.3 Å². The molecule has 1 unspecified atom stereocenters. The minimum atomic E-state index is 0. The summed E-state index contributed by atoms with van der Waals surface area (Å²) in [4.78, 5) is 4.22. The van der Waals surface area contributed by atoms with E-state index in [9.17, 15) is 0 Å². The number of ether oxygens (including phenoxy) is 2. The molecule has 1 aliphatic rings. The molecule has 1 aliphatic heterocycles. The number of rotatable bonds is 11. The zero-order valence-corrected chi connectivity index (χ0v) is 17.1. The maximum atomic E-state index is 5.51. The zero-order chi connectivity index (χ0) is 15.2. The molecule has 0 bridgehead atoms. The molecule has 7 heteroatoms. The molecule has 0 spiro atoms. The summed E-state index contributed by atoms with van der Waals surface area (Å²) >= 11 is 2.05. The first kappa shape index (κ1) is 22.3. The Kier molecular flexibility index (Phi) is 16.3. The van der Waals surface area contributed by atoms with Crippen molar-refractivity contribution in [2.24, 2.45) is 4.99 Å². The van der Waals surface area contributed by atoms with E-state index in [0.29, 0.717) is 19.8 Å². The maximum Gasteiger partial charge on any atom is 0.191 e. The smallest absolute Gasteiger partial charge is 0.191 e. The van der Waals surface area contributed by atoms with E-state index in [1.807, 2.05) is 0 Å². The third-order valence-corrected chi connectivity index (χ3v) is 4.70. The van der Waals surface area contributed by atoms with Gasteiger partial charge in [0.05, 0.1) is 19.8 Å². The lowest BCUT2D eigenvalue weighted by Gasteiger charge is -2.14. The van der Waals surface area contributed by atoms with E-state index in [0.717, 1.165) is 37.3 Å². The second kappa shape index (κ2) is 16.1. The van der Waals surface area contributed by atoms with E-state index in [1.165, 1.54) is 25.0 Å². The Morgan fingerprint density at radius 1 is 1.18 bits per heavy atom. The Morgan fingerprint density at radius 2 is 1.95 bits per heavy atom. The predicted molar refractivity (Wildman–Crippen MR) is 107 cm³/mol. The molecular formula is C15H32IN3O2S. The molecule has 22 heavy (non-hydrogen) atoms. The van der Waals surface area contributed by atoms with Gasteiger partial charge in [0, 0.05) is 32.0 Å². The van der Waals surface area contributed by atoms with Gasteiger partial charge >= 0.3 is 0 Å². The molecule has 5 nitrogen and oxygen atoms in total. The minimum absolute atomic E-state index is 0. The van der Waals surface area contributed by atoms with Crippen LogP contribution >= 0.6 is 35.7 Å². The van der Waals surface area contributed by atoms with Crippen LogP contribution < -0.4 is 10.6 Å². The minimum Gasteiger partial charge on any atom is -0.379 e. The molecule has 0 aromatic carbocycles. The van der Waals surface area contributed by atoms with Gasteiger partial charge in [-0.15, -0.1) is 24.0 Å². The van der Waals surface area contributed by atoms with E-state index in [4.69, 9.17) is 9.47 Å². The highest BCUT2D eigenvalue weighted by Crippen LogP contribution is 2.25. The Hall–Kier alpha value is 0.270. The third kappa shape index (κ3) is 11.8. The highest BCUT2D eigenvalue weighted by atomic mass is 127. The number of halogens is 1. The molecule has 0 radical (unpaired) electrons. The van der Waals surface area contributed by atoms with Gasteiger partial charge in [-0.3, -0.25) is 4.99 Å². The van der Waals surface area contributed by atoms with Gasteiger partial charge in [-0.2, -0.15) is 11.8 Å². The molecule has 0 aliphatic carbocycles. The molecule has 132 valence electrons. The second-order valence-electron chi connectivity index (χ2n) is 5.09. The zero-order valence-electron chi connectivity index (χ0n) is 13.9. The van der Waals surface area contributed by atoms with Crippen LogP contribution in [0, 0.1) is 0 Å². The molecular weight excluding hydrogens is 413 g/mol. The normalized spacial score (nSPS) is 18.1. The number of aliphatic imine (C=N–C) groups is 1. The molecule has 1 atom stereocenters. The molecule has 0 aromatic heterocycles. The van der Waals surface area contributed by atoms with Gasteiger partial charge in [0.1, 0.15) is 0 Å². The summed E-state index contributed by atoms with van der Waals surface area (Å²) in [6.45, 7) is 6.80. The molecule has 1 saturated heterocycles. The maximum absolute atomic E-state index is 5.51. The van der Waals surface area contributed by atoms with Crippen LogP contribution in [0.3, 0.4) is 0 Å². The number of nitrogens with zero attached hydrogens (tertiary/aromatic N) is 1. The Labute approximate surface area is 156 Å². The summed E-state index contributed by atoms with van der Waals surface area (Å²) in [5.74, 6) is 2.16. The SMILES string of the molecule is CCCCOCCOCCNC(=NC)NCC1CCCS1.I. The van der Waals surface area contributed by atoms with Gasteiger partial charge in [-0.1, -0.05) is 13.3 Å². The third-order valence-electron chi connectivity index (χ3n) is 3.30. The van der Waals surface area contributed by atoms with E-state index in [-0.39, 0.29) is 24.0 Å². The molecule has 0 aromatic rings. The van der Waals surface area contributed by atoms with Crippen LogP contribution in [0.25, 0.3) is 0 Å². The second-order valence-corrected chi connectivity index (χ2v) is 6.50. The van der Waals surface area contributed by atoms with E-state index in [2.05, 4.69) is 34.3 Å². The fourth-order valence-electron chi connectivity index (χ4n) is 2.05. The van der Waals surface area contributed by atoms with Gasteiger partial charge in [0.15, 0.2) is 5.96 Å². The van der Waals surface area contributed by atoms with Crippen molar-refractivity contribution in [1.82, 2.24) is 10.6 Å². The standard InChI is InChI=1S/C15H31N3O2S.HI/c1-3-4-8-19-10-11-20-9-7-17-15(16-2)18-13-14-6-5-12-21-14;/h14H,3-13H2,1-2H3,(H2,16,17,18);1H. The summed E-state index contributed by atoms with van der Waals surface area (Å²) in [5.41, 5.74) is 0. The number of thioether (sulfide) groups is 1. The van der Waals surface area contributed by atoms with Gasteiger partial charge in [-0.05, 0) is 25.0 Å². The first-order chi connectivity index (χ1) is 10.4. The molecule has 1 heterocycles. The molecule has 1 fully saturated rings. The lowest BCUT2D eigenvalue weighted by molar-refractivity contribution is 0.0487. The van der Waals surface area contributed by atoms with E-state index >= 15 is 0 Å². The number of hydrogen-bond acceptors (Lipinski definition) is 4. The lowest BCUT2D eigenvalue weighted by atomic mass is 10.2. The average Bonchev–Trinajstić information content (AvgIpc) is 3.02. The number of guanidine groups is 1. The van der Waals surface area contributed by atoms with Crippen molar-refractivity contribution < 1.29 is 9.47 Å². The summed E-state index contributed by atoms with van der Waals surface area (Å²) in [7, 11) is 1.81. The van der Waals surface area contributed by atoms with E-state index in [1.54, 1.807) is 7.05 Å². The quantitative estimate of drug-likeness (QED) is 0.222. The monoisotopic (exact) mass is 445 g/mol. The average molecular weight is 445 g/mol. The number of nitrogens with one attached hydrogen (secondary N) is 2. The lowest BCUT2D eigenvalue weighted by Crippen LogP contribution is -2.41. The van der Waals surface area contributed by atoms with E-state index < -0.39 is 0 Å². The number of unbranched alkanes of at least 4 members (excludes halogenated alkanes) is 1. The van der Waals surface area contributed by atoms with Crippen LogP contribution in [0.5, 0.6) is 0 Å².